The van der Waals surface area contributed by atoms with Gasteiger partial charge < -0.3 is 15.2 Å². The van der Waals surface area contributed by atoms with Gasteiger partial charge in [-0.1, -0.05) is 0 Å². The third kappa shape index (κ3) is 4.47. The van der Waals surface area contributed by atoms with Gasteiger partial charge in [0.15, 0.2) is 0 Å². The van der Waals surface area contributed by atoms with Crippen LogP contribution >= 0.6 is 0 Å². The molecule has 2 N–H and O–H groups in total. The fraction of sp³-hybridized carbons (Fsp3) is 1.00. The van der Waals surface area contributed by atoms with E-state index >= 15 is 0 Å². The lowest BCUT2D eigenvalue weighted by atomic mass is 10.2. The van der Waals surface area contributed by atoms with Crippen LogP contribution in [0.15, 0.2) is 0 Å². The van der Waals surface area contributed by atoms with Crippen LogP contribution in [0.25, 0.3) is 0 Å². The summed E-state index contributed by atoms with van der Waals surface area (Å²) in [5, 5.41) is 0. The first-order valence-electron chi connectivity index (χ1n) is 5.55. The fourth-order valence-corrected chi connectivity index (χ4v) is 1.82. The lowest BCUT2D eigenvalue weighted by molar-refractivity contribution is -0.0735. The molecule has 0 aromatic carbocycles. The Morgan fingerprint density at radius 2 is 2.07 bits per heavy atom. The Kier molecular flexibility index (Phi) is 4.52. The molecule has 1 aliphatic rings. The van der Waals surface area contributed by atoms with Gasteiger partial charge in [-0.3, -0.25) is 4.90 Å². The molecule has 15 heavy (non-hydrogen) atoms. The van der Waals surface area contributed by atoms with Crippen molar-refractivity contribution in [1.29, 1.82) is 0 Å². The smallest absolute Gasteiger partial charge is 0.100 e. The molecule has 2 atom stereocenters. The van der Waals surface area contributed by atoms with E-state index in [4.69, 9.17) is 15.2 Å². The molecule has 4 nitrogen and oxygen atoms in total. The maximum Gasteiger partial charge on any atom is 0.100 e. The Hall–Kier alpha value is -0.160. The Labute approximate surface area is 92.7 Å². The number of hydrogen-bond acceptors (Lipinski definition) is 4. The van der Waals surface area contributed by atoms with E-state index < -0.39 is 0 Å². The van der Waals surface area contributed by atoms with E-state index in [0.29, 0.717) is 12.8 Å². The van der Waals surface area contributed by atoms with Crippen molar-refractivity contribution in [2.75, 3.05) is 27.0 Å². The fourth-order valence-electron chi connectivity index (χ4n) is 1.82. The summed E-state index contributed by atoms with van der Waals surface area (Å²) in [6, 6.07) is 0.668. The van der Waals surface area contributed by atoms with E-state index in [2.05, 4.69) is 25.7 Å². The van der Waals surface area contributed by atoms with Gasteiger partial charge in [0.1, 0.15) is 6.73 Å². The monoisotopic (exact) mass is 216 g/mol. The summed E-state index contributed by atoms with van der Waals surface area (Å²) in [5.74, 6) is 0. The Balaban J connectivity index is 2.38. The first kappa shape index (κ1) is 12.9. The minimum atomic E-state index is -0.0929. The minimum Gasteiger partial charge on any atom is -0.383 e. The summed E-state index contributed by atoms with van der Waals surface area (Å²) in [6.07, 6.45) is 1.00. The first-order chi connectivity index (χ1) is 6.92. The molecule has 0 aromatic rings. The predicted octanol–water partition coefficient (Wildman–Crippen LogP) is 0.807. The topological polar surface area (TPSA) is 47.7 Å². The first-order valence-corrected chi connectivity index (χ1v) is 5.55. The number of ether oxygens (including phenoxy) is 2. The van der Waals surface area contributed by atoms with Gasteiger partial charge in [-0.2, -0.15) is 0 Å². The van der Waals surface area contributed by atoms with Gasteiger partial charge in [-0.05, 0) is 27.2 Å². The van der Waals surface area contributed by atoms with Gasteiger partial charge in [0.25, 0.3) is 0 Å². The standard InChI is InChI=1S/C11H24N2O2/c1-11(2,3)15-8-13-6-9(12)5-10(13)7-14-4/h9-10H,5-8,12H2,1-4H3. The van der Waals surface area contributed by atoms with Crippen LogP contribution in [0.4, 0.5) is 0 Å². The zero-order chi connectivity index (χ0) is 11.5. The number of likely N-dealkylation sites (tertiary alicyclic amines) is 1. The zero-order valence-corrected chi connectivity index (χ0v) is 10.3. The lowest BCUT2D eigenvalue weighted by Crippen LogP contribution is -2.38. The highest BCUT2D eigenvalue weighted by molar-refractivity contribution is 4.86. The molecule has 1 saturated heterocycles. The van der Waals surface area contributed by atoms with Crippen molar-refractivity contribution < 1.29 is 9.47 Å². The molecule has 1 rings (SSSR count). The summed E-state index contributed by atoms with van der Waals surface area (Å²) in [6.45, 7) is 8.48. The van der Waals surface area contributed by atoms with Gasteiger partial charge in [0.2, 0.25) is 0 Å². The quantitative estimate of drug-likeness (QED) is 0.755. The Morgan fingerprint density at radius 1 is 1.40 bits per heavy atom. The number of hydrogen-bond donors (Lipinski definition) is 1. The largest absolute Gasteiger partial charge is 0.383 e. The average Bonchev–Trinajstić information content (AvgIpc) is 2.42. The molecule has 0 spiro atoms. The highest BCUT2D eigenvalue weighted by atomic mass is 16.5. The normalized spacial score (nSPS) is 28.6. The molecule has 0 aliphatic carbocycles. The molecule has 1 fully saturated rings. The number of methoxy groups -OCH3 is 1. The number of nitrogens with two attached hydrogens (primary N) is 1. The maximum absolute atomic E-state index is 5.93. The van der Waals surface area contributed by atoms with E-state index in [1.807, 2.05) is 0 Å². The van der Waals surface area contributed by atoms with Crippen LogP contribution in [0, 0.1) is 0 Å². The molecule has 0 bridgehead atoms. The molecular weight excluding hydrogens is 192 g/mol. The zero-order valence-electron chi connectivity index (χ0n) is 10.3. The lowest BCUT2D eigenvalue weighted by Gasteiger charge is -2.28. The van der Waals surface area contributed by atoms with Crippen molar-refractivity contribution in [2.24, 2.45) is 5.73 Å². The van der Waals surface area contributed by atoms with Gasteiger partial charge in [0, 0.05) is 25.7 Å². The van der Waals surface area contributed by atoms with Crippen molar-refractivity contribution in [3.05, 3.63) is 0 Å². The van der Waals surface area contributed by atoms with Gasteiger partial charge >= 0.3 is 0 Å². The van der Waals surface area contributed by atoms with Crippen molar-refractivity contribution in [2.45, 2.75) is 44.9 Å². The molecular formula is C11H24N2O2. The second kappa shape index (κ2) is 5.25. The Morgan fingerprint density at radius 3 is 2.60 bits per heavy atom. The van der Waals surface area contributed by atoms with E-state index in [-0.39, 0.29) is 11.6 Å². The van der Waals surface area contributed by atoms with Crippen LogP contribution in [-0.2, 0) is 9.47 Å². The average molecular weight is 216 g/mol. The van der Waals surface area contributed by atoms with Crippen molar-refractivity contribution in [3.8, 4) is 0 Å². The summed E-state index contributed by atoms with van der Waals surface area (Å²) in [5.41, 5.74) is 5.84. The SMILES string of the molecule is COCC1CC(N)CN1COC(C)(C)C. The molecule has 0 saturated carbocycles. The van der Waals surface area contributed by atoms with Crippen LogP contribution in [0.2, 0.25) is 0 Å². The molecule has 4 heteroatoms. The minimum absolute atomic E-state index is 0.0929. The molecule has 2 unspecified atom stereocenters. The molecule has 0 radical (unpaired) electrons. The summed E-state index contributed by atoms with van der Waals surface area (Å²) < 4.78 is 10.9. The van der Waals surface area contributed by atoms with Crippen LogP contribution < -0.4 is 5.73 Å². The van der Waals surface area contributed by atoms with Crippen molar-refractivity contribution in [3.63, 3.8) is 0 Å². The third-order valence-electron chi connectivity index (χ3n) is 2.58. The molecule has 0 aromatic heterocycles. The van der Waals surface area contributed by atoms with E-state index in [9.17, 15) is 0 Å². The Bertz CT molecular complexity index is 192. The maximum atomic E-state index is 5.93. The van der Waals surface area contributed by atoms with Gasteiger partial charge in [-0.25, -0.2) is 0 Å². The van der Waals surface area contributed by atoms with Crippen molar-refractivity contribution in [1.82, 2.24) is 4.90 Å². The van der Waals surface area contributed by atoms with Crippen LogP contribution in [0.3, 0.4) is 0 Å². The molecule has 1 aliphatic heterocycles. The van der Waals surface area contributed by atoms with Crippen molar-refractivity contribution >= 4 is 0 Å². The van der Waals surface area contributed by atoms with Crippen LogP contribution in [-0.4, -0.2) is 49.6 Å². The predicted molar refractivity (Wildman–Crippen MR) is 60.7 cm³/mol. The molecule has 90 valence electrons. The van der Waals surface area contributed by atoms with Crippen LogP contribution in [0.1, 0.15) is 27.2 Å². The molecule has 1 heterocycles. The second-order valence-electron chi connectivity index (χ2n) is 5.26. The van der Waals surface area contributed by atoms with E-state index in [0.717, 1.165) is 19.6 Å². The van der Waals surface area contributed by atoms with E-state index in [1.54, 1.807) is 7.11 Å². The highest BCUT2D eigenvalue weighted by Crippen LogP contribution is 2.18. The third-order valence-corrected chi connectivity index (χ3v) is 2.58. The summed E-state index contributed by atoms with van der Waals surface area (Å²) in [4.78, 5) is 2.26. The number of nitrogens with zero attached hydrogens (tertiary/aromatic N) is 1. The van der Waals surface area contributed by atoms with Crippen LogP contribution in [0.5, 0.6) is 0 Å². The van der Waals surface area contributed by atoms with E-state index in [1.165, 1.54) is 0 Å². The number of rotatable bonds is 4. The van der Waals surface area contributed by atoms with Gasteiger partial charge in [0.05, 0.1) is 12.2 Å². The summed E-state index contributed by atoms with van der Waals surface area (Å²) >= 11 is 0. The summed E-state index contributed by atoms with van der Waals surface area (Å²) in [7, 11) is 1.73. The van der Waals surface area contributed by atoms with Gasteiger partial charge in [-0.15, -0.1) is 0 Å². The highest BCUT2D eigenvalue weighted by Gasteiger charge is 2.30. The second-order valence-corrected chi connectivity index (χ2v) is 5.26. The molecule has 0 amide bonds.